The number of ether oxygens (including phenoxy) is 1. The Morgan fingerprint density at radius 1 is 1.21 bits per heavy atom. The first-order valence-electron chi connectivity index (χ1n) is 8.67. The molecule has 0 aromatic heterocycles. The largest absolute Gasteiger partial charge is 0.672 e. The van der Waals surface area contributed by atoms with Crippen LogP contribution in [0.25, 0.3) is 5.73 Å². The predicted octanol–water partition coefficient (Wildman–Crippen LogP) is 3.95. The maximum Gasteiger partial charge on any atom is 0.573 e. The van der Waals surface area contributed by atoms with Crippen molar-refractivity contribution in [3.8, 4) is 5.75 Å². The van der Waals surface area contributed by atoms with Gasteiger partial charge in [-0.25, -0.2) is 9.87 Å². The van der Waals surface area contributed by atoms with Crippen LogP contribution < -0.4 is 10.2 Å². The smallest absolute Gasteiger partial charge is 0.573 e. The van der Waals surface area contributed by atoms with Crippen LogP contribution in [0.3, 0.4) is 0 Å². The molecule has 0 aliphatic heterocycles. The van der Waals surface area contributed by atoms with Crippen molar-refractivity contribution in [2.75, 3.05) is 0 Å². The van der Waals surface area contributed by atoms with E-state index in [4.69, 9.17) is 10.9 Å². The zero-order chi connectivity index (χ0) is 21.5. The van der Waals surface area contributed by atoms with E-state index in [1.165, 1.54) is 31.5 Å². The number of carbonyl (C=O) groups excluding carboxylic acids is 1. The second-order valence-corrected chi connectivity index (χ2v) is 7.24. The molecule has 160 valence electrons. The van der Waals surface area contributed by atoms with E-state index in [1.54, 1.807) is 0 Å². The minimum atomic E-state index is -4.80. The van der Waals surface area contributed by atoms with Crippen LogP contribution in [0.4, 0.5) is 17.6 Å². The molecule has 1 aromatic rings. The topological polar surface area (TPSA) is 103 Å². The Balaban J connectivity index is 2.66. The number of aliphatic hydroxyl groups excluding tert-OH is 1. The molecule has 6 nitrogen and oxygen atoms in total. The number of benzene rings is 1. The van der Waals surface area contributed by atoms with Crippen LogP contribution in [0.2, 0.25) is 0 Å². The highest BCUT2D eigenvalue weighted by Gasteiger charge is 2.31. The van der Waals surface area contributed by atoms with Gasteiger partial charge < -0.3 is 15.6 Å². The van der Waals surface area contributed by atoms with Gasteiger partial charge in [0.15, 0.2) is 0 Å². The summed E-state index contributed by atoms with van der Waals surface area (Å²) in [6, 6.07) is 3.83. The SMILES string of the molecule is CC(C)(F)CCC(CC(O)C([NH-])Cc1ccc(OC(F)(F)F)cc1)C(=O)NO. The summed E-state index contributed by atoms with van der Waals surface area (Å²) in [6.45, 7) is 2.69. The Hall–Kier alpha value is -1.91. The third kappa shape index (κ3) is 9.34. The fraction of sp³-hybridized carbons (Fsp3) is 0.611. The van der Waals surface area contributed by atoms with Gasteiger partial charge in [-0.3, -0.25) is 10.0 Å². The van der Waals surface area contributed by atoms with Gasteiger partial charge >= 0.3 is 6.36 Å². The molecule has 1 rings (SSSR count). The molecule has 3 unspecified atom stereocenters. The summed E-state index contributed by atoms with van der Waals surface area (Å²) < 4.78 is 53.9. The molecular weight excluding hydrogens is 384 g/mol. The van der Waals surface area contributed by atoms with Gasteiger partial charge in [0.1, 0.15) is 11.4 Å². The number of alkyl halides is 4. The summed E-state index contributed by atoms with van der Waals surface area (Å²) in [5.41, 5.74) is 8.48. The number of halogens is 4. The van der Waals surface area contributed by atoms with Gasteiger partial charge in [0.05, 0.1) is 0 Å². The van der Waals surface area contributed by atoms with Crippen molar-refractivity contribution in [3.63, 3.8) is 0 Å². The third-order valence-corrected chi connectivity index (χ3v) is 4.17. The Morgan fingerprint density at radius 3 is 2.25 bits per heavy atom. The van der Waals surface area contributed by atoms with Crippen molar-refractivity contribution in [3.05, 3.63) is 35.6 Å². The second kappa shape index (κ2) is 10.0. The van der Waals surface area contributed by atoms with Crippen molar-refractivity contribution < 1.29 is 37.4 Å². The number of aliphatic hydroxyl groups is 1. The first-order chi connectivity index (χ1) is 12.8. The van der Waals surface area contributed by atoms with E-state index in [2.05, 4.69) is 4.74 Å². The van der Waals surface area contributed by atoms with Crippen LogP contribution in [0.15, 0.2) is 24.3 Å². The highest BCUT2D eigenvalue weighted by atomic mass is 19.4. The quantitative estimate of drug-likeness (QED) is 0.309. The molecule has 0 fully saturated rings. The van der Waals surface area contributed by atoms with E-state index in [0.29, 0.717) is 5.56 Å². The molecule has 0 saturated carbocycles. The molecule has 3 atom stereocenters. The summed E-state index contributed by atoms with van der Waals surface area (Å²) in [5.74, 6) is -2.05. The fourth-order valence-corrected chi connectivity index (χ4v) is 2.64. The minimum absolute atomic E-state index is 0.0233. The van der Waals surface area contributed by atoms with E-state index >= 15 is 0 Å². The van der Waals surface area contributed by atoms with E-state index in [-0.39, 0.29) is 25.7 Å². The molecular formula is C18H25F4N2O4-. The Morgan fingerprint density at radius 2 is 1.79 bits per heavy atom. The molecule has 1 amide bonds. The lowest BCUT2D eigenvalue weighted by molar-refractivity contribution is -0.274. The second-order valence-electron chi connectivity index (χ2n) is 7.24. The Kier molecular flexibility index (Phi) is 8.65. The first-order valence-corrected chi connectivity index (χ1v) is 8.67. The number of hydrogen-bond donors (Lipinski definition) is 3. The molecule has 1 aromatic carbocycles. The van der Waals surface area contributed by atoms with Crippen LogP contribution in [0, 0.1) is 5.92 Å². The zero-order valence-electron chi connectivity index (χ0n) is 15.6. The monoisotopic (exact) mass is 409 g/mol. The molecule has 0 saturated heterocycles. The maximum absolute atomic E-state index is 13.7. The van der Waals surface area contributed by atoms with E-state index in [1.807, 2.05) is 0 Å². The van der Waals surface area contributed by atoms with Gasteiger partial charge in [-0.2, -0.15) is 0 Å². The molecule has 10 heteroatoms. The van der Waals surface area contributed by atoms with Crippen molar-refractivity contribution in [2.24, 2.45) is 5.92 Å². The van der Waals surface area contributed by atoms with Crippen molar-refractivity contribution >= 4 is 5.91 Å². The number of amides is 1. The van der Waals surface area contributed by atoms with Gasteiger partial charge in [-0.1, -0.05) is 12.1 Å². The predicted molar refractivity (Wildman–Crippen MR) is 93.4 cm³/mol. The normalized spacial score (nSPS) is 15.6. The van der Waals surface area contributed by atoms with Gasteiger partial charge in [-0.15, -0.1) is 19.2 Å². The fourth-order valence-electron chi connectivity index (χ4n) is 2.64. The molecule has 0 bridgehead atoms. The molecule has 0 spiro atoms. The number of rotatable bonds is 10. The third-order valence-electron chi connectivity index (χ3n) is 4.17. The van der Waals surface area contributed by atoms with Crippen LogP contribution in [0.5, 0.6) is 5.75 Å². The van der Waals surface area contributed by atoms with Crippen LogP contribution in [0.1, 0.15) is 38.7 Å². The van der Waals surface area contributed by atoms with Gasteiger partial charge in [0, 0.05) is 12.0 Å². The zero-order valence-corrected chi connectivity index (χ0v) is 15.6. The van der Waals surface area contributed by atoms with Gasteiger partial charge in [0.25, 0.3) is 0 Å². The van der Waals surface area contributed by atoms with E-state index < -0.39 is 41.8 Å². The molecule has 4 N–H and O–H groups in total. The lowest BCUT2D eigenvalue weighted by atomic mass is 9.88. The maximum atomic E-state index is 13.7. The molecule has 0 radical (unpaired) electrons. The highest BCUT2D eigenvalue weighted by Crippen LogP contribution is 2.26. The van der Waals surface area contributed by atoms with Gasteiger partial charge in [0.2, 0.25) is 5.91 Å². The van der Waals surface area contributed by atoms with Crippen LogP contribution >= 0.6 is 0 Å². The van der Waals surface area contributed by atoms with Gasteiger partial charge in [-0.05, 0) is 57.2 Å². The van der Waals surface area contributed by atoms with Crippen LogP contribution in [-0.4, -0.2) is 40.4 Å². The van der Waals surface area contributed by atoms with Crippen LogP contribution in [-0.2, 0) is 11.2 Å². The summed E-state index contributed by atoms with van der Waals surface area (Å²) in [5, 5.41) is 19.0. The first kappa shape index (κ1) is 24.1. The average molecular weight is 409 g/mol. The highest BCUT2D eigenvalue weighted by molar-refractivity contribution is 5.77. The van der Waals surface area contributed by atoms with E-state index in [9.17, 15) is 27.5 Å². The van der Waals surface area contributed by atoms with Crippen molar-refractivity contribution in [1.82, 2.24) is 5.48 Å². The average Bonchev–Trinajstić information content (AvgIpc) is 2.57. The summed E-state index contributed by atoms with van der Waals surface area (Å²) in [4.78, 5) is 11.7. The number of hydroxylamine groups is 1. The summed E-state index contributed by atoms with van der Waals surface area (Å²) in [6.07, 6.45) is -6.09. The Labute approximate surface area is 160 Å². The number of hydrogen-bond acceptors (Lipinski definition) is 4. The molecule has 28 heavy (non-hydrogen) atoms. The lowest BCUT2D eigenvalue weighted by Gasteiger charge is -2.29. The number of carbonyl (C=O) groups is 1. The summed E-state index contributed by atoms with van der Waals surface area (Å²) in [7, 11) is 0. The molecule has 0 aliphatic rings. The van der Waals surface area contributed by atoms with Crippen molar-refractivity contribution in [1.29, 1.82) is 0 Å². The molecule has 0 heterocycles. The lowest BCUT2D eigenvalue weighted by Crippen LogP contribution is -2.35. The Bertz CT molecular complexity index is 617. The number of nitrogens with one attached hydrogen (secondary N) is 2. The van der Waals surface area contributed by atoms with E-state index in [0.717, 1.165) is 12.1 Å². The molecule has 0 aliphatic carbocycles. The minimum Gasteiger partial charge on any atom is -0.672 e. The summed E-state index contributed by atoms with van der Waals surface area (Å²) >= 11 is 0. The standard InChI is InChI=1S/C18H25F4N2O4/c1-17(2,19)8-7-12(16(26)24-27)10-15(25)14(23)9-11-3-5-13(6-4-11)28-18(20,21)22/h3-6,12,14-15,23,25,27H,7-10H2,1-2H3,(H,24,26)/q-1. The van der Waals surface area contributed by atoms with Crippen molar-refractivity contribution in [2.45, 2.75) is 63.7 Å².